The number of piperazine rings is 1. The third-order valence-electron chi connectivity index (χ3n) is 6.09. The first-order chi connectivity index (χ1) is 15.2. The molecule has 0 aliphatic carbocycles. The molecule has 0 unspecified atom stereocenters. The van der Waals surface area contributed by atoms with Crippen molar-refractivity contribution in [3.8, 4) is 11.5 Å². The van der Waals surface area contributed by atoms with E-state index in [2.05, 4.69) is 9.88 Å². The maximum absolute atomic E-state index is 13.2. The van der Waals surface area contributed by atoms with Crippen molar-refractivity contribution in [1.29, 1.82) is 0 Å². The van der Waals surface area contributed by atoms with Crippen LogP contribution in [0.3, 0.4) is 0 Å². The molecular weight excluding hydrogens is 396 g/mol. The summed E-state index contributed by atoms with van der Waals surface area (Å²) in [6.45, 7) is 4.01. The molecule has 8 heteroatoms. The highest BCUT2D eigenvalue weighted by molar-refractivity contribution is 5.99. The first kappa shape index (κ1) is 19.7. The maximum atomic E-state index is 13.2. The lowest BCUT2D eigenvalue weighted by atomic mass is 10.1. The van der Waals surface area contributed by atoms with Gasteiger partial charge in [0.25, 0.3) is 11.8 Å². The lowest BCUT2D eigenvalue weighted by molar-refractivity contribution is -0.142. The van der Waals surface area contributed by atoms with Gasteiger partial charge in [0.2, 0.25) is 6.10 Å². The molecule has 31 heavy (non-hydrogen) atoms. The maximum Gasteiger partial charge on any atom is 0.267 e. The molecule has 3 aliphatic heterocycles. The Balaban J connectivity index is 1.21. The third-order valence-corrected chi connectivity index (χ3v) is 6.09. The Morgan fingerprint density at radius 2 is 1.58 bits per heavy atom. The number of benzene rings is 1. The molecule has 0 N–H and O–H groups in total. The Kier molecular flexibility index (Phi) is 5.36. The van der Waals surface area contributed by atoms with Crippen molar-refractivity contribution in [2.24, 2.45) is 0 Å². The van der Waals surface area contributed by atoms with Crippen LogP contribution < -0.4 is 14.4 Å². The number of hydrogen-bond donors (Lipinski definition) is 0. The predicted octanol–water partition coefficient (Wildman–Crippen LogP) is 1.81. The molecule has 1 aromatic heterocycles. The topological polar surface area (TPSA) is 75.2 Å². The van der Waals surface area contributed by atoms with E-state index in [1.54, 1.807) is 17.2 Å². The van der Waals surface area contributed by atoms with E-state index >= 15 is 0 Å². The van der Waals surface area contributed by atoms with Gasteiger partial charge in [0, 0.05) is 45.5 Å². The van der Waals surface area contributed by atoms with Crippen LogP contribution in [0.2, 0.25) is 0 Å². The summed E-state index contributed by atoms with van der Waals surface area (Å²) in [4.78, 5) is 36.4. The number of hydrogen-bond acceptors (Lipinski definition) is 6. The number of para-hydroxylation sites is 2. The van der Waals surface area contributed by atoms with Crippen LogP contribution >= 0.6 is 0 Å². The second-order valence-corrected chi connectivity index (χ2v) is 8.05. The van der Waals surface area contributed by atoms with E-state index in [0.717, 1.165) is 31.7 Å². The number of amides is 2. The molecule has 162 valence electrons. The summed E-state index contributed by atoms with van der Waals surface area (Å²) in [5.74, 6) is 1.91. The third kappa shape index (κ3) is 3.89. The molecule has 2 fully saturated rings. The fourth-order valence-corrected chi connectivity index (χ4v) is 4.39. The zero-order chi connectivity index (χ0) is 21.2. The molecule has 0 saturated carbocycles. The molecule has 2 amide bonds. The molecule has 1 atom stereocenters. The minimum atomic E-state index is -0.655. The van der Waals surface area contributed by atoms with E-state index in [9.17, 15) is 9.59 Å². The number of carbonyl (C=O) groups excluding carboxylic acids is 2. The minimum absolute atomic E-state index is 0.0201. The fraction of sp³-hybridized carbons (Fsp3) is 0.435. The van der Waals surface area contributed by atoms with Crippen molar-refractivity contribution in [3.63, 3.8) is 0 Å². The van der Waals surface area contributed by atoms with Crippen molar-refractivity contribution >= 4 is 17.6 Å². The van der Waals surface area contributed by atoms with Crippen LogP contribution in [0.1, 0.15) is 23.2 Å². The van der Waals surface area contributed by atoms with Gasteiger partial charge < -0.3 is 24.2 Å². The van der Waals surface area contributed by atoms with Crippen molar-refractivity contribution in [1.82, 2.24) is 14.8 Å². The summed E-state index contributed by atoms with van der Waals surface area (Å²) in [5, 5.41) is 0. The minimum Gasteiger partial charge on any atom is -0.485 e. The summed E-state index contributed by atoms with van der Waals surface area (Å²) in [5.41, 5.74) is 0.643. The van der Waals surface area contributed by atoms with Crippen LogP contribution in [0.5, 0.6) is 11.5 Å². The highest BCUT2D eigenvalue weighted by atomic mass is 16.6. The van der Waals surface area contributed by atoms with Crippen molar-refractivity contribution in [3.05, 3.63) is 48.2 Å². The monoisotopic (exact) mass is 422 g/mol. The van der Waals surface area contributed by atoms with Crippen LogP contribution in [-0.4, -0.2) is 78.6 Å². The van der Waals surface area contributed by atoms with Gasteiger partial charge in [0.1, 0.15) is 12.4 Å². The number of rotatable bonds is 3. The number of anilines is 1. The number of ether oxygens (including phenoxy) is 2. The zero-order valence-corrected chi connectivity index (χ0v) is 17.4. The predicted molar refractivity (Wildman–Crippen MR) is 115 cm³/mol. The van der Waals surface area contributed by atoms with Gasteiger partial charge in [-0.1, -0.05) is 12.1 Å². The van der Waals surface area contributed by atoms with Crippen LogP contribution in [0, 0.1) is 0 Å². The van der Waals surface area contributed by atoms with Gasteiger partial charge in [0.15, 0.2) is 11.5 Å². The average Bonchev–Trinajstić information content (AvgIpc) is 3.38. The first-order valence-electron chi connectivity index (χ1n) is 10.9. The molecule has 2 saturated heterocycles. The summed E-state index contributed by atoms with van der Waals surface area (Å²) in [7, 11) is 0. The summed E-state index contributed by atoms with van der Waals surface area (Å²) in [6.07, 6.45) is 3.34. The average molecular weight is 422 g/mol. The number of pyridine rings is 1. The van der Waals surface area contributed by atoms with Gasteiger partial charge in [0.05, 0.1) is 5.56 Å². The highest BCUT2D eigenvalue weighted by Gasteiger charge is 2.34. The Labute approximate surface area is 181 Å². The van der Waals surface area contributed by atoms with E-state index in [4.69, 9.17) is 9.47 Å². The zero-order valence-electron chi connectivity index (χ0n) is 17.4. The van der Waals surface area contributed by atoms with E-state index in [1.165, 1.54) is 0 Å². The molecular formula is C23H26N4O4. The van der Waals surface area contributed by atoms with Crippen LogP contribution in [-0.2, 0) is 4.79 Å². The second-order valence-electron chi connectivity index (χ2n) is 8.05. The smallest absolute Gasteiger partial charge is 0.267 e. The van der Waals surface area contributed by atoms with Crippen molar-refractivity contribution in [2.45, 2.75) is 18.9 Å². The molecule has 1 aromatic carbocycles. The van der Waals surface area contributed by atoms with Gasteiger partial charge in [-0.2, -0.15) is 0 Å². The Hall–Kier alpha value is -3.29. The Bertz CT molecular complexity index is 968. The van der Waals surface area contributed by atoms with Gasteiger partial charge in [-0.15, -0.1) is 0 Å². The normalized spacial score (nSPS) is 20.6. The first-order valence-corrected chi connectivity index (χ1v) is 10.9. The Morgan fingerprint density at radius 1 is 0.871 bits per heavy atom. The lowest BCUT2D eigenvalue weighted by Crippen LogP contribution is -2.55. The van der Waals surface area contributed by atoms with Gasteiger partial charge in [-0.05, 0) is 37.1 Å². The molecule has 0 bridgehead atoms. The number of carbonyl (C=O) groups is 2. The largest absolute Gasteiger partial charge is 0.485 e. The summed E-state index contributed by atoms with van der Waals surface area (Å²) >= 11 is 0. The Morgan fingerprint density at radius 3 is 2.35 bits per heavy atom. The molecule has 8 nitrogen and oxygen atoms in total. The molecule has 0 radical (unpaired) electrons. The van der Waals surface area contributed by atoms with E-state index in [0.29, 0.717) is 43.2 Å². The highest BCUT2D eigenvalue weighted by Crippen LogP contribution is 2.31. The van der Waals surface area contributed by atoms with Crippen molar-refractivity contribution < 1.29 is 19.1 Å². The SMILES string of the molecule is O=C(c1cccnc1N1CCCC1)N1CCN(C(=O)[C@H]2COc3ccccc3O2)CC1. The van der Waals surface area contributed by atoms with E-state index in [-0.39, 0.29) is 18.4 Å². The van der Waals surface area contributed by atoms with Crippen LogP contribution in [0.4, 0.5) is 5.82 Å². The van der Waals surface area contributed by atoms with Gasteiger partial charge in [-0.25, -0.2) is 4.98 Å². The van der Waals surface area contributed by atoms with Gasteiger partial charge >= 0.3 is 0 Å². The molecule has 4 heterocycles. The number of nitrogens with zero attached hydrogens (tertiary/aromatic N) is 4. The molecule has 2 aromatic rings. The van der Waals surface area contributed by atoms with Gasteiger partial charge in [-0.3, -0.25) is 9.59 Å². The summed E-state index contributed by atoms with van der Waals surface area (Å²) < 4.78 is 11.5. The van der Waals surface area contributed by atoms with Crippen molar-refractivity contribution in [2.75, 3.05) is 50.8 Å². The number of aromatic nitrogens is 1. The summed E-state index contributed by atoms with van der Waals surface area (Å²) in [6, 6.07) is 11.0. The standard InChI is InChI=1S/C23H26N4O4/c28-22(17-6-5-9-24-21(17)25-10-3-4-11-25)26-12-14-27(15-13-26)23(29)20-16-30-18-7-1-2-8-19(18)31-20/h1-2,5-9,20H,3-4,10-16H2/t20-/m1/s1. The molecule has 5 rings (SSSR count). The lowest BCUT2D eigenvalue weighted by Gasteiger charge is -2.37. The van der Waals surface area contributed by atoms with E-state index in [1.807, 2.05) is 35.2 Å². The van der Waals surface area contributed by atoms with Crippen LogP contribution in [0.25, 0.3) is 0 Å². The molecule has 3 aliphatic rings. The quantitative estimate of drug-likeness (QED) is 0.751. The fourth-order valence-electron chi connectivity index (χ4n) is 4.39. The number of fused-ring (bicyclic) bond motifs is 1. The second kappa shape index (κ2) is 8.45. The van der Waals surface area contributed by atoms with E-state index < -0.39 is 6.10 Å². The van der Waals surface area contributed by atoms with Crippen LogP contribution in [0.15, 0.2) is 42.6 Å². The molecule has 0 spiro atoms.